The number of anilines is 2. The summed E-state index contributed by atoms with van der Waals surface area (Å²) in [4.78, 5) is 13.2. The normalized spacial score (nSPS) is 10.9. The van der Waals surface area contributed by atoms with Gasteiger partial charge in [-0.15, -0.1) is 0 Å². The van der Waals surface area contributed by atoms with Crippen molar-refractivity contribution >= 4 is 17.1 Å². The summed E-state index contributed by atoms with van der Waals surface area (Å²) in [6, 6.07) is 4.00. The topological polar surface area (TPSA) is 114 Å². The molecule has 0 aliphatic carbocycles. The van der Waals surface area contributed by atoms with Crippen LogP contribution in [0.25, 0.3) is 11.3 Å². The second-order valence-electron chi connectivity index (χ2n) is 7.20. The fourth-order valence-electron chi connectivity index (χ4n) is 3.03. The second kappa shape index (κ2) is 9.34. The molecule has 3 rings (SSSR count). The number of aryl methyl sites for hydroxylation is 1. The van der Waals surface area contributed by atoms with Crippen molar-refractivity contribution in [2.45, 2.75) is 40.3 Å². The van der Waals surface area contributed by atoms with E-state index in [9.17, 15) is 0 Å². The first-order valence-corrected chi connectivity index (χ1v) is 9.91. The van der Waals surface area contributed by atoms with Crippen molar-refractivity contribution < 1.29 is 4.74 Å². The van der Waals surface area contributed by atoms with Crippen LogP contribution in [0.3, 0.4) is 0 Å². The summed E-state index contributed by atoms with van der Waals surface area (Å²) in [5, 5.41) is 19.5. The highest BCUT2D eigenvalue weighted by Crippen LogP contribution is 2.35. The van der Waals surface area contributed by atoms with E-state index in [-0.39, 0.29) is 6.04 Å². The van der Waals surface area contributed by atoms with Crippen LogP contribution in [0.5, 0.6) is 5.75 Å². The maximum Gasteiger partial charge on any atom is 0.169 e. The van der Waals surface area contributed by atoms with Gasteiger partial charge in [-0.25, -0.2) is 9.97 Å². The van der Waals surface area contributed by atoms with E-state index in [1.807, 2.05) is 26.1 Å². The van der Waals surface area contributed by atoms with Crippen molar-refractivity contribution in [1.82, 2.24) is 24.7 Å². The molecule has 0 atom stereocenters. The van der Waals surface area contributed by atoms with E-state index in [0.29, 0.717) is 41.8 Å². The minimum atomic E-state index is 0.171. The first kappa shape index (κ1) is 21.2. The van der Waals surface area contributed by atoms with E-state index in [1.165, 1.54) is 0 Å². The predicted octanol–water partition coefficient (Wildman–Crippen LogP) is 3.49. The van der Waals surface area contributed by atoms with Gasteiger partial charge < -0.3 is 20.8 Å². The van der Waals surface area contributed by atoms with Crippen molar-refractivity contribution in [3.8, 4) is 17.0 Å². The molecule has 0 saturated heterocycles. The van der Waals surface area contributed by atoms with Crippen LogP contribution in [0.1, 0.15) is 39.2 Å². The first-order chi connectivity index (χ1) is 14.4. The zero-order valence-corrected chi connectivity index (χ0v) is 18.0. The lowest BCUT2D eigenvalue weighted by molar-refractivity contribution is 0.340. The highest BCUT2D eigenvalue weighted by Gasteiger charge is 2.18. The first-order valence-electron chi connectivity index (χ1n) is 9.91. The van der Waals surface area contributed by atoms with Gasteiger partial charge in [0.1, 0.15) is 17.8 Å². The molecule has 0 aliphatic rings. The lowest BCUT2D eigenvalue weighted by atomic mass is 10.1. The van der Waals surface area contributed by atoms with Gasteiger partial charge in [0.2, 0.25) is 0 Å². The molecular weight excluding hydrogens is 380 g/mol. The van der Waals surface area contributed by atoms with Gasteiger partial charge in [-0.05, 0) is 39.8 Å². The van der Waals surface area contributed by atoms with Crippen molar-refractivity contribution in [1.29, 1.82) is 5.41 Å². The zero-order chi connectivity index (χ0) is 21.7. The molecule has 3 heterocycles. The van der Waals surface area contributed by atoms with Gasteiger partial charge in [-0.1, -0.05) is 0 Å². The van der Waals surface area contributed by atoms with Crippen LogP contribution in [-0.4, -0.2) is 43.1 Å². The lowest BCUT2D eigenvalue weighted by Gasteiger charge is -2.20. The molecular formula is C21H28N8O. The molecule has 0 aliphatic heterocycles. The van der Waals surface area contributed by atoms with E-state index in [4.69, 9.17) is 15.1 Å². The second-order valence-corrected chi connectivity index (χ2v) is 7.20. The lowest BCUT2D eigenvalue weighted by Crippen LogP contribution is -2.17. The summed E-state index contributed by atoms with van der Waals surface area (Å²) < 4.78 is 7.41. The fourth-order valence-corrected chi connectivity index (χ4v) is 3.03. The van der Waals surface area contributed by atoms with E-state index < -0.39 is 0 Å². The van der Waals surface area contributed by atoms with Crippen molar-refractivity contribution in [3.63, 3.8) is 0 Å². The molecule has 158 valence electrons. The Morgan fingerprint density at radius 3 is 2.77 bits per heavy atom. The van der Waals surface area contributed by atoms with Gasteiger partial charge >= 0.3 is 0 Å². The summed E-state index contributed by atoms with van der Waals surface area (Å²) in [6.45, 7) is 8.74. The number of hydrogen-bond donors (Lipinski definition) is 3. The largest absolute Gasteiger partial charge is 0.492 e. The molecule has 0 spiro atoms. The van der Waals surface area contributed by atoms with Crippen LogP contribution >= 0.6 is 0 Å². The van der Waals surface area contributed by atoms with Gasteiger partial charge in [0, 0.05) is 24.8 Å². The number of nitrogens with zero attached hydrogens (tertiary/aromatic N) is 5. The van der Waals surface area contributed by atoms with Crippen LogP contribution in [0.15, 0.2) is 30.9 Å². The van der Waals surface area contributed by atoms with Crippen molar-refractivity contribution in [3.05, 3.63) is 42.4 Å². The fraction of sp³-hybridized carbons (Fsp3) is 0.381. The van der Waals surface area contributed by atoms with Gasteiger partial charge in [0.25, 0.3) is 0 Å². The molecule has 9 nitrogen and oxygen atoms in total. The summed E-state index contributed by atoms with van der Waals surface area (Å²) in [5.74, 6) is 1.33. The molecule has 0 bridgehead atoms. The summed E-state index contributed by atoms with van der Waals surface area (Å²) in [5.41, 5.74) is 4.08. The Hall–Kier alpha value is -3.49. The molecule has 3 aromatic rings. The minimum Gasteiger partial charge on any atom is -0.492 e. The van der Waals surface area contributed by atoms with E-state index >= 15 is 0 Å². The third-order valence-electron chi connectivity index (χ3n) is 4.25. The molecule has 0 radical (unpaired) electrons. The van der Waals surface area contributed by atoms with Crippen molar-refractivity contribution in [2.75, 3.05) is 17.2 Å². The van der Waals surface area contributed by atoms with Crippen LogP contribution in [-0.2, 0) is 13.6 Å². The standard InChI is InChI=1S/C21H28N8O/c1-6-30-18-10-23-8-7-15(18)16-9-17(24-11-19-25-12-29(5)28-19)21(26-13(2)3)20(27-16)14(4)22/h7-10,12-13,22,26H,6,11H2,1-5H3,(H,24,27). The Morgan fingerprint density at radius 1 is 1.33 bits per heavy atom. The predicted molar refractivity (Wildman–Crippen MR) is 118 cm³/mol. The van der Waals surface area contributed by atoms with Crippen LogP contribution in [0.4, 0.5) is 11.4 Å². The maximum absolute atomic E-state index is 8.31. The molecule has 0 fully saturated rings. The molecule has 3 aromatic heterocycles. The molecule has 0 unspecified atom stereocenters. The Kier molecular flexibility index (Phi) is 6.61. The monoisotopic (exact) mass is 408 g/mol. The zero-order valence-electron chi connectivity index (χ0n) is 18.0. The van der Waals surface area contributed by atoms with Gasteiger partial charge in [-0.2, -0.15) is 5.10 Å². The Bertz CT molecular complexity index is 1030. The number of hydrogen-bond acceptors (Lipinski definition) is 8. The third-order valence-corrected chi connectivity index (χ3v) is 4.25. The average Bonchev–Trinajstić information content (AvgIpc) is 3.12. The quantitative estimate of drug-likeness (QED) is 0.464. The molecule has 30 heavy (non-hydrogen) atoms. The van der Waals surface area contributed by atoms with Crippen LogP contribution < -0.4 is 15.4 Å². The number of pyridine rings is 2. The number of nitrogens with one attached hydrogen (secondary N) is 3. The average molecular weight is 409 g/mol. The summed E-state index contributed by atoms with van der Waals surface area (Å²) in [7, 11) is 1.84. The Morgan fingerprint density at radius 2 is 2.13 bits per heavy atom. The van der Waals surface area contributed by atoms with E-state index in [0.717, 1.165) is 16.9 Å². The molecule has 3 N–H and O–H groups in total. The van der Waals surface area contributed by atoms with Gasteiger partial charge in [0.15, 0.2) is 5.82 Å². The van der Waals surface area contributed by atoms with Crippen LogP contribution in [0.2, 0.25) is 0 Å². The SMILES string of the molecule is CCOc1cnccc1-c1cc(NCc2ncn(C)n2)c(NC(C)C)c(C(C)=N)n1. The third kappa shape index (κ3) is 4.91. The summed E-state index contributed by atoms with van der Waals surface area (Å²) >= 11 is 0. The van der Waals surface area contributed by atoms with Gasteiger partial charge in [0.05, 0.1) is 42.1 Å². The highest BCUT2D eigenvalue weighted by atomic mass is 16.5. The highest BCUT2D eigenvalue weighted by molar-refractivity contribution is 6.03. The minimum absolute atomic E-state index is 0.171. The smallest absolute Gasteiger partial charge is 0.169 e. The Balaban J connectivity index is 2.10. The molecule has 0 amide bonds. The number of rotatable bonds is 9. The molecule has 0 aromatic carbocycles. The maximum atomic E-state index is 8.31. The van der Waals surface area contributed by atoms with Crippen LogP contribution in [0, 0.1) is 5.41 Å². The van der Waals surface area contributed by atoms with Crippen molar-refractivity contribution in [2.24, 2.45) is 7.05 Å². The number of aromatic nitrogens is 5. The van der Waals surface area contributed by atoms with Gasteiger partial charge in [-0.3, -0.25) is 9.67 Å². The molecule has 9 heteroatoms. The molecule has 0 saturated carbocycles. The van der Waals surface area contributed by atoms with E-state index in [1.54, 1.807) is 30.3 Å². The van der Waals surface area contributed by atoms with E-state index in [2.05, 4.69) is 39.5 Å². The Labute approximate surface area is 176 Å². The summed E-state index contributed by atoms with van der Waals surface area (Å²) in [6.07, 6.45) is 5.06. The number of ether oxygens (including phenoxy) is 1.